The van der Waals surface area contributed by atoms with Crippen LogP contribution in [0.5, 0.6) is 0 Å². The molecule has 1 amide bonds. The second-order valence-electron chi connectivity index (χ2n) is 6.31. The highest BCUT2D eigenvalue weighted by molar-refractivity contribution is 6.30. The van der Waals surface area contributed by atoms with E-state index >= 15 is 0 Å². The van der Waals surface area contributed by atoms with Crippen molar-refractivity contribution in [2.45, 2.75) is 31.1 Å². The van der Waals surface area contributed by atoms with Gasteiger partial charge in [-0.2, -0.15) is 13.2 Å². The van der Waals surface area contributed by atoms with Gasteiger partial charge in [0.2, 0.25) is 0 Å². The van der Waals surface area contributed by atoms with Gasteiger partial charge in [-0.3, -0.25) is 9.69 Å². The molecule has 3 rings (SSSR count). The number of halogens is 4. The van der Waals surface area contributed by atoms with Crippen molar-refractivity contribution in [2.75, 3.05) is 19.6 Å². The van der Waals surface area contributed by atoms with E-state index in [1.165, 1.54) is 0 Å². The largest absolute Gasteiger partial charge is 0.490 e. The first kappa shape index (κ1) is 21.2. The van der Waals surface area contributed by atoms with Gasteiger partial charge in [0.1, 0.15) is 0 Å². The van der Waals surface area contributed by atoms with Gasteiger partial charge in [0.15, 0.2) is 0 Å². The highest BCUT2D eigenvalue weighted by atomic mass is 35.5. The summed E-state index contributed by atoms with van der Waals surface area (Å²) in [6, 6.07) is 8.08. The van der Waals surface area contributed by atoms with Crippen molar-refractivity contribution >= 4 is 23.5 Å². The average molecular weight is 405 g/mol. The van der Waals surface area contributed by atoms with Crippen LogP contribution >= 0.6 is 11.6 Å². The van der Waals surface area contributed by atoms with Gasteiger partial charge in [0.05, 0.1) is 0 Å². The summed E-state index contributed by atoms with van der Waals surface area (Å²) in [5.41, 5.74) is 0.695. The minimum atomic E-state index is -5.08. The Balaban J connectivity index is 0.000000321. The molecule has 0 radical (unpaired) electrons. The lowest BCUT2D eigenvalue weighted by Crippen LogP contribution is -2.39. The predicted molar refractivity (Wildman–Crippen MR) is 94.8 cm³/mol. The molecule has 1 aromatic rings. The van der Waals surface area contributed by atoms with Crippen molar-refractivity contribution < 1.29 is 27.9 Å². The molecule has 27 heavy (non-hydrogen) atoms. The second kappa shape index (κ2) is 8.75. The number of rotatable bonds is 3. The molecule has 0 aliphatic carbocycles. The lowest BCUT2D eigenvalue weighted by molar-refractivity contribution is -0.192. The van der Waals surface area contributed by atoms with Crippen LogP contribution in [0.25, 0.3) is 0 Å². The number of carbonyl (C=O) groups is 2. The molecule has 0 aromatic heterocycles. The van der Waals surface area contributed by atoms with Crippen LogP contribution in [0.1, 0.15) is 23.2 Å². The standard InChI is InChI=1S/C16H19ClN2O.C2HF3O2/c1-2-8-18-9-6-15-14(18)7-10-19(15)16(20)12-4-3-5-13(17)11-12;3-2(4,5)1(6)7/h2-5,11,14-15H,1,6-10H2;(H,6,7)/t14-,15+;/m0./s1. The van der Waals surface area contributed by atoms with Gasteiger partial charge in [-0.25, -0.2) is 4.79 Å². The molecule has 2 atom stereocenters. The van der Waals surface area contributed by atoms with Crippen LogP contribution in [0.3, 0.4) is 0 Å². The highest BCUT2D eigenvalue weighted by Crippen LogP contribution is 2.32. The van der Waals surface area contributed by atoms with E-state index in [1.807, 2.05) is 23.1 Å². The monoisotopic (exact) mass is 404 g/mol. The van der Waals surface area contributed by atoms with Crippen molar-refractivity contribution in [1.82, 2.24) is 9.80 Å². The Kier molecular flexibility index (Phi) is 6.89. The van der Waals surface area contributed by atoms with Crippen LogP contribution < -0.4 is 0 Å². The number of fused-ring (bicyclic) bond motifs is 1. The van der Waals surface area contributed by atoms with Gasteiger partial charge in [-0.05, 0) is 31.0 Å². The minimum Gasteiger partial charge on any atom is -0.475 e. The van der Waals surface area contributed by atoms with Crippen LogP contribution in [-0.4, -0.2) is 64.7 Å². The van der Waals surface area contributed by atoms with E-state index in [-0.39, 0.29) is 5.91 Å². The first-order valence-electron chi connectivity index (χ1n) is 8.36. The lowest BCUT2D eigenvalue weighted by atomic mass is 10.1. The zero-order valence-electron chi connectivity index (χ0n) is 14.5. The van der Waals surface area contributed by atoms with Crippen LogP contribution in [0, 0.1) is 0 Å². The maximum absolute atomic E-state index is 12.6. The second-order valence-corrected chi connectivity index (χ2v) is 6.74. The fourth-order valence-corrected chi connectivity index (χ4v) is 3.70. The Morgan fingerprint density at radius 2 is 1.89 bits per heavy atom. The SMILES string of the molecule is C=CCN1CC[C@@H]2[C@@H]1CCN2C(=O)c1cccc(Cl)c1.O=C(O)C(F)(F)F. The molecule has 2 heterocycles. The number of carboxylic acid groups (broad SMARTS) is 1. The molecule has 0 unspecified atom stereocenters. The van der Waals surface area contributed by atoms with Crippen molar-refractivity contribution in [3.05, 3.63) is 47.5 Å². The van der Waals surface area contributed by atoms with Crippen LogP contribution in [0.15, 0.2) is 36.9 Å². The Morgan fingerprint density at radius 3 is 2.44 bits per heavy atom. The Morgan fingerprint density at radius 1 is 1.26 bits per heavy atom. The van der Waals surface area contributed by atoms with Gasteiger partial charge >= 0.3 is 12.1 Å². The highest BCUT2D eigenvalue weighted by Gasteiger charge is 2.43. The van der Waals surface area contributed by atoms with Crippen molar-refractivity contribution in [1.29, 1.82) is 0 Å². The van der Waals surface area contributed by atoms with Crippen molar-refractivity contribution in [2.24, 2.45) is 0 Å². The summed E-state index contributed by atoms with van der Waals surface area (Å²) >= 11 is 5.98. The Hall–Kier alpha value is -2.06. The summed E-state index contributed by atoms with van der Waals surface area (Å²) in [5.74, 6) is -2.65. The topological polar surface area (TPSA) is 60.9 Å². The number of amides is 1. The third-order valence-electron chi connectivity index (χ3n) is 4.63. The summed E-state index contributed by atoms with van der Waals surface area (Å²) < 4.78 is 31.7. The number of nitrogens with zero attached hydrogens (tertiary/aromatic N) is 2. The first-order valence-corrected chi connectivity index (χ1v) is 8.74. The summed E-state index contributed by atoms with van der Waals surface area (Å²) in [6.45, 7) is 6.63. The molecule has 2 aliphatic rings. The van der Waals surface area contributed by atoms with Gasteiger partial charge in [-0.15, -0.1) is 6.58 Å². The molecule has 5 nitrogen and oxygen atoms in total. The Bertz CT molecular complexity index is 711. The third-order valence-corrected chi connectivity index (χ3v) is 4.86. The molecular formula is C18H20ClF3N2O3. The first-order chi connectivity index (χ1) is 12.6. The Labute approximate surface area is 160 Å². The molecule has 0 spiro atoms. The molecule has 9 heteroatoms. The summed E-state index contributed by atoms with van der Waals surface area (Å²) in [7, 11) is 0. The van der Waals surface area contributed by atoms with Crippen LogP contribution in [-0.2, 0) is 4.79 Å². The number of likely N-dealkylation sites (tertiary alicyclic amines) is 2. The van der Waals surface area contributed by atoms with E-state index in [2.05, 4.69) is 11.5 Å². The number of carbonyl (C=O) groups excluding carboxylic acids is 1. The normalized spacial score (nSPS) is 22.0. The maximum atomic E-state index is 12.6. The number of carboxylic acids is 1. The molecule has 2 saturated heterocycles. The number of hydrogen-bond donors (Lipinski definition) is 1. The van der Waals surface area contributed by atoms with Crippen molar-refractivity contribution in [3.8, 4) is 0 Å². The third kappa shape index (κ3) is 5.23. The number of hydrogen-bond acceptors (Lipinski definition) is 3. The predicted octanol–water partition coefficient (Wildman–Crippen LogP) is 3.45. The van der Waals surface area contributed by atoms with E-state index < -0.39 is 12.1 Å². The van der Waals surface area contributed by atoms with Gasteiger partial charge in [0, 0.05) is 42.3 Å². The molecule has 0 bridgehead atoms. The van der Waals surface area contributed by atoms with Gasteiger partial charge in [-0.1, -0.05) is 23.7 Å². The number of aliphatic carboxylic acids is 1. The van der Waals surface area contributed by atoms with Crippen LogP contribution in [0.4, 0.5) is 13.2 Å². The van der Waals surface area contributed by atoms with E-state index in [0.29, 0.717) is 22.7 Å². The lowest BCUT2D eigenvalue weighted by Gasteiger charge is -2.25. The maximum Gasteiger partial charge on any atom is 0.490 e. The zero-order valence-corrected chi connectivity index (χ0v) is 15.2. The molecule has 0 saturated carbocycles. The van der Waals surface area contributed by atoms with E-state index in [0.717, 1.165) is 32.5 Å². The van der Waals surface area contributed by atoms with Gasteiger partial charge < -0.3 is 10.0 Å². The molecule has 1 aromatic carbocycles. The minimum absolute atomic E-state index is 0.112. The quantitative estimate of drug-likeness (QED) is 0.784. The number of benzene rings is 1. The molecule has 1 N–H and O–H groups in total. The average Bonchev–Trinajstić information content (AvgIpc) is 3.17. The fourth-order valence-electron chi connectivity index (χ4n) is 3.51. The smallest absolute Gasteiger partial charge is 0.475 e. The summed E-state index contributed by atoms with van der Waals surface area (Å²) in [5, 5.41) is 7.74. The fraction of sp³-hybridized carbons (Fsp3) is 0.444. The summed E-state index contributed by atoms with van der Waals surface area (Å²) in [4.78, 5) is 26.0. The van der Waals surface area contributed by atoms with E-state index in [1.54, 1.807) is 12.1 Å². The number of alkyl halides is 3. The molecule has 2 fully saturated rings. The van der Waals surface area contributed by atoms with E-state index in [4.69, 9.17) is 21.5 Å². The van der Waals surface area contributed by atoms with Gasteiger partial charge in [0.25, 0.3) is 5.91 Å². The zero-order chi connectivity index (χ0) is 20.2. The van der Waals surface area contributed by atoms with Crippen molar-refractivity contribution in [3.63, 3.8) is 0 Å². The molecule has 148 valence electrons. The summed E-state index contributed by atoms with van der Waals surface area (Å²) in [6.07, 6.45) is -1.01. The molecular weight excluding hydrogens is 385 g/mol. The van der Waals surface area contributed by atoms with E-state index in [9.17, 15) is 18.0 Å². The molecule has 2 aliphatic heterocycles. The van der Waals surface area contributed by atoms with Crippen LogP contribution in [0.2, 0.25) is 5.02 Å².